The maximum Gasteiger partial charge on any atom is 0.416 e. The Kier molecular flexibility index (Phi) is 4.52. The number of hydrogen-bond acceptors (Lipinski definition) is 3. The summed E-state index contributed by atoms with van der Waals surface area (Å²) in [5.41, 5.74) is -0.613. The highest BCUT2D eigenvalue weighted by Crippen LogP contribution is 2.30. The third kappa shape index (κ3) is 3.97. The van der Waals surface area contributed by atoms with Crippen molar-refractivity contribution in [3.8, 4) is 0 Å². The Morgan fingerprint density at radius 3 is 2.11 bits per heavy atom. The van der Waals surface area contributed by atoms with Crippen LogP contribution in [0.4, 0.5) is 13.2 Å². The van der Waals surface area contributed by atoms with Crippen molar-refractivity contribution in [1.29, 1.82) is 0 Å². The molecule has 0 aliphatic rings. The van der Waals surface area contributed by atoms with E-state index in [-0.39, 0.29) is 5.56 Å². The molecule has 0 radical (unpaired) electrons. The van der Waals surface area contributed by atoms with E-state index < -0.39 is 29.7 Å². The highest BCUT2D eigenvalue weighted by atomic mass is 19.4. The quantitative estimate of drug-likeness (QED) is 0.859. The predicted molar refractivity (Wildman–Crippen MR) is 60.0 cm³/mol. The molecule has 1 N–H and O–H groups in total. The molecular weight excluding hydrogens is 263 g/mol. The molecule has 19 heavy (non-hydrogen) atoms. The molecule has 1 aromatic carbocycles. The van der Waals surface area contributed by atoms with Gasteiger partial charge >= 0.3 is 12.1 Å². The van der Waals surface area contributed by atoms with Crippen LogP contribution in [0.1, 0.15) is 24.1 Å². The number of rotatable bonds is 3. The molecule has 1 amide bonds. The number of amides is 1. The Labute approximate surface area is 107 Å². The average Bonchev–Trinajstić information content (AvgIpc) is 2.34. The molecule has 0 fully saturated rings. The fourth-order valence-electron chi connectivity index (χ4n) is 1.46. The molecule has 1 aromatic rings. The molecule has 0 heterocycles. The zero-order valence-electron chi connectivity index (χ0n) is 10.2. The fourth-order valence-corrected chi connectivity index (χ4v) is 1.46. The zero-order valence-corrected chi connectivity index (χ0v) is 10.2. The van der Waals surface area contributed by atoms with Crippen molar-refractivity contribution < 1.29 is 27.5 Å². The van der Waals surface area contributed by atoms with Crippen LogP contribution in [-0.2, 0) is 20.5 Å². The molecule has 0 aliphatic heterocycles. The average molecular weight is 275 g/mol. The Morgan fingerprint density at radius 1 is 1.21 bits per heavy atom. The standard InChI is InChI=1S/C12H12F3NO3/c1-7(17)16-10(11(18)19-2)8-3-5-9(6-4-8)12(13,14)15/h3-6,10H,1-2H3,(H,16,17)/t10-/m0/s1. The Bertz CT molecular complexity index is 468. The van der Waals surface area contributed by atoms with E-state index in [9.17, 15) is 22.8 Å². The van der Waals surface area contributed by atoms with Crippen LogP contribution in [-0.4, -0.2) is 19.0 Å². The van der Waals surface area contributed by atoms with E-state index in [0.29, 0.717) is 0 Å². The smallest absolute Gasteiger partial charge is 0.416 e. The number of halogens is 3. The molecule has 0 aliphatic carbocycles. The van der Waals surface area contributed by atoms with Crippen molar-refractivity contribution in [1.82, 2.24) is 5.32 Å². The van der Waals surface area contributed by atoms with E-state index in [2.05, 4.69) is 10.1 Å². The van der Waals surface area contributed by atoms with Gasteiger partial charge in [-0.1, -0.05) is 12.1 Å². The number of benzene rings is 1. The fraction of sp³-hybridized carbons (Fsp3) is 0.333. The van der Waals surface area contributed by atoms with E-state index in [4.69, 9.17) is 0 Å². The van der Waals surface area contributed by atoms with E-state index in [0.717, 1.165) is 31.4 Å². The number of esters is 1. The van der Waals surface area contributed by atoms with Gasteiger partial charge in [-0.05, 0) is 17.7 Å². The van der Waals surface area contributed by atoms with Crippen molar-refractivity contribution in [2.75, 3.05) is 7.11 Å². The maximum absolute atomic E-state index is 12.4. The number of nitrogens with one attached hydrogen (secondary N) is 1. The summed E-state index contributed by atoms with van der Waals surface area (Å²) in [4.78, 5) is 22.4. The van der Waals surface area contributed by atoms with Crippen LogP contribution >= 0.6 is 0 Å². The van der Waals surface area contributed by atoms with Gasteiger partial charge < -0.3 is 10.1 Å². The number of ether oxygens (including phenoxy) is 1. The van der Waals surface area contributed by atoms with Gasteiger partial charge in [0, 0.05) is 6.92 Å². The second-order valence-electron chi connectivity index (χ2n) is 3.78. The normalized spacial score (nSPS) is 12.7. The van der Waals surface area contributed by atoms with Crippen molar-refractivity contribution in [2.24, 2.45) is 0 Å². The third-order valence-electron chi connectivity index (χ3n) is 2.36. The zero-order chi connectivity index (χ0) is 14.6. The summed E-state index contributed by atoms with van der Waals surface area (Å²) in [7, 11) is 1.13. The van der Waals surface area contributed by atoms with Crippen molar-refractivity contribution in [3.05, 3.63) is 35.4 Å². The van der Waals surface area contributed by atoms with Crippen molar-refractivity contribution >= 4 is 11.9 Å². The van der Waals surface area contributed by atoms with Gasteiger partial charge in [-0.2, -0.15) is 13.2 Å². The predicted octanol–water partition coefficient (Wildman–Crippen LogP) is 2.06. The van der Waals surface area contributed by atoms with Gasteiger partial charge in [-0.25, -0.2) is 4.79 Å². The number of alkyl halides is 3. The first-order chi connectivity index (χ1) is 8.75. The van der Waals surface area contributed by atoms with Gasteiger partial charge in [0.15, 0.2) is 6.04 Å². The lowest BCUT2D eigenvalue weighted by Crippen LogP contribution is -2.32. The van der Waals surface area contributed by atoms with E-state index >= 15 is 0 Å². The number of carbonyl (C=O) groups excluding carboxylic acids is 2. The molecule has 7 heteroatoms. The second kappa shape index (κ2) is 5.73. The van der Waals surface area contributed by atoms with E-state index in [1.807, 2.05) is 0 Å². The first kappa shape index (κ1) is 15.0. The molecule has 1 rings (SSSR count). The highest BCUT2D eigenvalue weighted by Gasteiger charge is 2.31. The topological polar surface area (TPSA) is 55.4 Å². The Hall–Kier alpha value is -2.05. The lowest BCUT2D eigenvalue weighted by Gasteiger charge is -2.16. The molecule has 4 nitrogen and oxygen atoms in total. The van der Waals surface area contributed by atoms with Crippen molar-refractivity contribution in [3.63, 3.8) is 0 Å². The van der Waals surface area contributed by atoms with Crippen LogP contribution in [0.5, 0.6) is 0 Å². The lowest BCUT2D eigenvalue weighted by atomic mass is 10.0. The summed E-state index contributed by atoms with van der Waals surface area (Å²) in [5, 5.41) is 2.31. The molecule has 0 saturated carbocycles. The molecule has 0 unspecified atom stereocenters. The van der Waals surface area contributed by atoms with Gasteiger partial charge in [0.1, 0.15) is 0 Å². The summed E-state index contributed by atoms with van der Waals surface area (Å²) >= 11 is 0. The van der Waals surface area contributed by atoms with Gasteiger partial charge in [0.2, 0.25) is 5.91 Å². The monoisotopic (exact) mass is 275 g/mol. The second-order valence-corrected chi connectivity index (χ2v) is 3.78. The molecule has 1 atom stereocenters. The van der Waals surface area contributed by atoms with E-state index in [1.54, 1.807) is 0 Å². The highest BCUT2D eigenvalue weighted by molar-refractivity contribution is 5.84. The van der Waals surface area contributed by atoms with Gasteiger partial charge in [0.05, 0.1) is 12.7 Å². The van der Waals surface area contributed by atoms with Gasteiger partial charge in [0.25, 0.3) is 0 Å². The third-order valence-corrected chi connectivity index (χ3v) is 2.36. The van der Waals surface area contributed by atoms with Crippen LogP contribution in [0, 0.1) is 0 Å². The number of carbonyl (C=O) groups is 2. The minimum absolute atomic E-state index is 0.218. The van der Waals surface area contributed by atoms with Crippen LogP contribution < -0.4 is 5.32 Å². The SMILES string of the molecule is COC(=O)[C@@H](NC(C)=O)c1ccc(C(F)(F)F)cc1. The first-order valence-corrected chi connectivity index (χ1v) is 5.27. The summed E-state index contributed by atoms with van der Waals surface area (Å²) < 4.78 is 41.7. The Balaban J connectivity index is 3.04. The Morgan fingerprint density at radius 2 is 1.74 bits per heavy atom. The summed E-state index contributed by atoms with van der Waals surface area (Å²) in [5.74, 6) is -1.25. The lowest BCUT2D eigenvalue weighted by molar-refractivity contribution is -0.145. The maximum atomic E-state index is 12.4. The van der Waals surface area contributed by atoms with Gasteiger partial charge in [-0.15, -0.1) is 0 Å². The van der Waals surface area contributed by atoms with Crippen LogP contribution in [0.2, 0.25) is 0 Å². The van der Waals surface area contributed by atoms with Crippen molar-refractivity contribution in [2.45, 2.75) is 19.1 Å². The summed E-state index contributed by atoms with van der Waals surface area (Å²) in [6, 6.07) is 2.81. The van der Waals surface area contributed by atoms with Crippen LogP contribution in [0.15, 0.2) is 24.3 Å². The summed E-state index contributed by atoms with van der Waals surface area (Å²) in [6.45, 7) is 1.19. The first-order valence-electron chi connectivity index (χ1n) is 5.27. The number of hydrogen-bond donors (Lipinski definition) is 1. The van der Waals surface area contributed by atoms with Crippen LogP contribution in [0.25, 0.3) is 0 Å². The molecule has 0 bridgehead atoms. The number of methoxy groups -OCH3 is 1. The van der Waals surface area contributed by atoms with Crippen LogP contribution in [0.3, 0.4) is 0 Å². The summed E-state index contributed by atoms with van der Waals surface area (Å²) in [6.07, 6.45) is -4.45. The molecule has 104 valence electrons. The minimum atomic E-state index is -4.45. The molecular formula is C12H12F3NO3. The largest absolute Gasteiger partial charge is 0.467 e. The molecule has 0 spiro atoms. The van der Waals surface area contributed by atoms with Gasteiger partial charge in [-0.3, -0.25) is 4.79 Å². The van der Waals surface area contributed by atoms with E-state index in [1.165, 1.54) is 6.92 Å². The minimum Gasteiger partial charge on any atom is -0.467 e. The molecule has 0 aromatic heterocycles. The molecule has 0 saturated heterocycles.